The molecule has 2 atom stereocenters. The van der Waals surface area contributed by atoms with E-state index in [2.05, 4.69) is 41.4 Å². The molecule has 2 aromatic rings. The molecule has 1 N–H and O–H groups in total. The first-order valence-electron chi connectivity index (χ1n) is 10.4. The normalized spacial score (nSPS) is 23.6. The van der Waals surface area contributed by atoms with Gasteiger partial charge in [-0.15, -0.1) is 0 Å². The van der Waals surface area contributed by atoms with Crippen molar-refractivity contribution in [2.45, 2.75) is 57.3 Å². The zero-order chi connectivity index (χ0) is 20.4. The number of aryl methyl sites for hydroxylation is 1. The highest BCUT2D eigenvalue weighted by Gasteiger charge is 2.41. The van der Waals surface area contributed by atoms with Crippen molar-refractivity contribution in [2.24, 2.45) is 0 Å². The number of rotatable bonds is 6. The molecule has 4 rings (SSSR count). The Morgan fingerprint density at radius 1 is 1.03 bits per heavy atom. The first-order chi connectivity index (χ1) is 14.1. The number of nitrogens with zero attached hydrogens (tertiary/aromatic N) is 1. The van der Waals surface area contributed by atoms with E-state index in [4.69, 9.17) is 9.47 Å². The minimum atomic E-state index is -0.0860. The summed E-state index contributed by atoms with van der Waals surface area (Å²) >= 11 is 0. The fraction of sp³-hybridized carbons (Fsp3) is 0.458. The molecule has 2 saturated heterocycles. The molecule has 29 heavy (non-hydrogen) atoms. The number of amides is 1. The first-order valence-corrected chi connectivity index (χ1v) is 10.4. The minimum Gasteiger partial charge on any atom is -0.493 e. The summed E-state index contributed by atoms with van der Waals surface area (Å²) in [5.41, 5.74) is 3.20. The highest BCUT2D eigenvalue weighted by molar-refractivity contribution is 5.98. The van der Waals surface area contributed by atoms with Gasteiger partial charge in [0.05, 0.1) is 19.8 Å². The lowest BCUT2D eigenvalue weighted by Gasteiger charge is -2.39. The number of benzene rings is 2. The molecule has 0 spiro atoms. The van der Waals surface area contributed by atoms with Crippen molar-refractivity contribution in [1.29, 1.82) is 0 Å². The number of piperidine rings is 1. The van der Waals surface area contributed by atoms with E-state index >= 15 is 0 Å². The van der Waals surface area contributed by atoms with Gasteiger partial charge in [0.2, 0.25) is 0 Å². The molecular weight excluding hydrogens is 364 g/mol. The number of para-hydroxylation sites is 1. The van der Waals surface area contributed by atoms with Gasteiger partial charge < -0.3 is 14.8 Å². The molecule has 0 aromatic heterocycles. The van der Waals surface area contributed by atoms with Crippen LogP contribution in [0.25, 0.3) is 0 Å². The lowest BCUT2D eigenvalue weighted by atomic mass is 9.96. The average molecular weight is 395 g/mol. The van der Waals surface area contributed by atoms with Crippen molar-refractivity contribution in [2.75, 3.05) is 14.2 Å². The molecule has 2 aromatic carbocycles. The summed E-state index contributed by atoms with van der Waals surface area (Å²) < 4.78 is 10.8. The lowest BCUT2D eigenvalue weighted by molar-refractivity contribution is 0.0825. The average Bonchev–Trinajstić information content (AvgIpc) is 2.96. The number of carbonyl (C=O) groups excluding carboxylic acids is 1. The van der Waals surface area contributed by atoms with Gasteiger partial charge in [0.15, 0.2) is 11.5 Å². The maximum Gasteiger partial charge on any atom is 0.255 e. The molecule has 2 heterocycles. The van der Waals surface area contributed by atoms with Gasteiger partial charge in [0.25, 0.3) is 5.91 Å². The van der Waals surface area contributed by atoms with Crippen LogP contribution in [-0.2, 0) is 6.54 Å². The van der Waals surface area contributed by atoms with Crippen LogP contribution in [-0.4, -0.2) is 43.2 Å². The van der Waals surface area contributed by atoms with E-state index in [1.807, 2.05) is 6.07 Å². The summed E-state index contributed by atoms with van der Waals surface area (Å²) in [6.07, 6.45) is 4.43. The molecule has 2 bridgehead atoms. The highest BCUT2D eigenvalue weighted by atomic mass is 16.5. The summed E-state index contributed by atoms with van der Waals surface area (Å²) in [6.45, 7) is 3.12. The van der Waals surface area contributed by atoms with E-state index in [1.54, 1.807) is 26.4 Å². The van der Waals surface area contributed by atoms with Crippen LogP contribution in [0, 0.1) is 6.92 Å². The number of fused-ring (bicyclic) bond motifs is 2. The number of ether oxygens (including phenoxy) is 2. The summed E-state index contributed by atoms with van der Waals surface area (Å²) in [5.74, 6) is 0.984. The number of nitrogens with one attached hydrogen (secondary N) is 1. The van der Waals surface area contributed by atoms with Gasteiger partial charge in [-0.2, -0.15) is 0 Å². The van der Waals surface area contributed by atoms with Gasteiger partial charge in [0, 0.05) is 24.7 Å². The van der Waals surface area contributed by atoms with Gasteiger partial charge >= 0.3 is 0 Å². The van der Waals surface area contributed by atoms with Crippen LogP contribution in [0.15, 0.2) is 42.5 Å². The van der Waals surface area contributed by atoms with Gasteiger partial charge in [-0.1, -0.05) is 35.9 Å². The predicted molar refractivity (Wildman–Crippen MR) is 114 cm³/mol. The molecule has 5 heteroatoms. The van der Waals surface area contributed by atoms with Crippen LogP contribution in [0.2, 0.25) is 0 Å². The summed E-state index contributed by atoms with van der Waals surface area (Å²) in [4.78, 5) is 15.6. The third kappa shape index (κ3) is 4.10. The van der Waals surface area contributed by atoms with Crippen molar-refractivity contribution in [3.05, 3.63) is 59.2 Å². The molecule has 154 valence electrons. The Labute approximate surface area is 173 Å². The van der Waals surface area contributed by atoms with Crippen molar-refractivity contribution >= 4 is 5.91 Å². The molecule has 0 aliphatic carbocycles. The quantitative estimate of drug-likeness (QED) is 0.806. The minimum absolute atomic E-state index is 0.0860. The van der Waals surface area contributed by atoms with Gasteiger partial charge in [-0.3, -0.25) is 9.69 Å². The first kappa shape index (κ1) is 19.8. The lowest BCUT2D eigenvalue weighted by Crippen LogP contribution is -2.50. The van der Waals surface area contributed by atoms with Crippen molar-refractivity contribution in [1.82, 2.24) is 10.2 Å². The van der Waals surface area contributed by atoms with Crippen LogP contribution in [0.3, 0.4) is 0 Å². The van der Waals surface area contributed by atoms with Crippen LogP contribution in [0.5, 0.6) is 11.5 Å². The monoisotopic (exact) mass is 394 g/mol. The van der Waals surface area contributed by atoms with Gasteiger partial charge in [-0.05, 0) is 50.3 Å². The Morgan fingerprint density at radius 2 is 1.72 bits per heavy atom. The Kier molecular flexibility index (Phi) is 5.76. The number of carbonyl (C=O) groups is 1. The molecule has 2 fully saturated rings. The van der Waals surface area contributed by atoms with Crippen LogP contribution < -0.4 is 14.8 Å². The molecule has 0 radical (unpaired) electrons. The standard InChI is InChI=1S/C24H30N2O3/c1-16-7-9-17(10-8-16)15-26-19-11-12-20(26)14-18(13-19)25-24(27)21-5-4-6-22(28-2)23(21)29-3/h4-10,18-20H,11-15H2,1-3H3,(H,25,27). The fourth-order valence-electron chi connectivity index (χ4n) is 4.88. The zero-order valence-corrected chi connectivity index (χ0v) is 17.5. The third-order valence-corrected chi connectivity index (χ3v) is 6.35. The van der Waals surface area contributed by atoms with Crippen molar-refractivity contribution in [3.8, 4) is 11.5 Å². The van der Waals surface area contributed by atoms with E-state index in [-0.39, 0.29) is 11.9 Å². The smallest absolute Gasteiger partial charge is 0.255 e. The summed E-state index contributed by atoms with van der Waals surface area (Å²) in [7, 11) is 3.15. The molecule has 1 amide bonds. The molecule has 2 aliphatic heterocycles. The van der Waals surface area contributed by atoms with Crippen molar-refractivity contribution in [3.63, 3.8) is 0 Å². The van der Waals surface area contributed by atoms with Gasteiger partial charge in [0.1, 0.15) is 0 Å². The van der Waals surface area contributed by atoms with Crippen LogP contribution >= 0.6 is 0 Å². The number of methoxy groups -OCH3 is 2. The maximum atomic E-state index is 12.9. The summed E-state index contributed by atoms with van der Waals surface area (Å²) in [5, 5.41) is 3.25. The zero-order valence-electron chi connectivity index (χ0n) is 17.5. The largest absolute Gasteiger partial charge is 0.493 e. The van der Waals surface area contributed by atoms with E-state index in [0.29, 0.717) is 29.1 Å². The summed E-state index contributed by atoms with van der Waals surface area (Å²) in [6, 6.07) is 15.5. The molecule has 2 aliphatic rings. The van der Waals surface area contributed by atoms with E-state index < -0.39 is 0 Å². The molecule has 0 saturated carbocycles. The second-order valence-corrected chi connectivity index (χ2v) is 8.23. The molecular formula is C24H30N2O3. The Balaban J connectivity index is 1.41. The second kappa shape index (κ2) is 8.46. The van der Waals surface area contributed by atoms with Gasteiger partial charge in [-0.25, -0.2) is 0 Å². The van der Waals surface area contributed by atoms with E-state index in [9.17, 15) is 4.79 Å². The van der Waals surface area contributed by atoms with Crippen LogP contribution in [0.1, 0.15) is 47.2 Å². The molecule has 2 unspecified atom stereocenters. The Bertz CT molecular complexity index is 851. The Hall–Kier alpha value is -2.53. The second-order valence-electron chi connectivity index (χ2n) is 8.23. The molecule has 5 nitrogen and oxygen atoms in total. The van der Waals surface area contributed by atoms with E-state index in [0.717, 1.165) is 19.4 Å². The van der Waals surface area contributed by atoms with E-state index in [1.165, 1.54) is 24.0 Å². The number of hydrogen-bond donors (Lipinski definition) is 1. The van der Waals surface area contributed by atoms with Crippen molar-refractivity contribution < 1.29 is 14.3 Å². The topological polar surface area (TPSA) is 50.8 Å². The number of hydrogen-bond acceptors (Lipinski definition) is 4. The Morgan fingerprint density at radius 3 is 2.34 bits per heavy atom. The SMILES string of the molecule is COc1cccc(C(=O)NC2CC3CCC(C2)N3Cc2ccc(C)cc2)c1OC. The highest BCUT2D eigenvalue weighted by Crippen LogP contribution is 2.37. The predicted octanol–water partition coefficient (Wildman–Crippen LogP) is 3.94. The third-order valence-electron chi connectivity index (χ3n) is 6.35. The maximum absolute atomic E-state index is 12.9. The fourth-order valence-corrected chi connectivity index (χ4v) is 4.88. The van der Waals surface area contributed by atoms with Crippen LogP contribution in [0.4, 0.5) is 0 Å².